The van der Waals surface area contributed by atoms with Crippen LogP contribution in [0.25, 0.3) is 0 Å². The van der Waals surface area contributed by atoms with E-state index in [1.165, 1.54) is 37.8 Å². The summed E-state index contributed by atoms with van der Waals surface area (Å²) in [6, 6.07) is 4.58. The van der Waals surface area contributed by atoms with Crippen LogP contribution in [0, 0.1) is 17.6 Å². The zero-order valence-electron chi connectivity index (χ0n) is 12.6. The smallest absolute Gasteiger partial charge is 0.126 e. The highest BCUT2D eigenvalue weighted by Gasteiger charge is 2.34. The Morgan fingerprint density at radius 2 is 1.71 bits per heavy atom. The lowest BCUT2D eigenvalue weighted by Gasteiger charge is -2.34. The fraction of sp³-hybridized carbons (Fsp3) is 0.647. The predicted octanol–water partition coefficient (Wildman–Crippen LogP) is 3.49. The van der Waals surface area contributed by atoms with Crippen molar-refractivity contribution in [1.29, 1.82) is 0 Å². The van der Waals surface area contributed by atoms with Crippen LogP contribution in [0.5, 0.6) is 0 Å². The summed E-state index contributed by atoms with van der Waals surface area (Å²) < 4.78 is 26.9. The number of hydrogen-bond donors (Lipinski definition) is 1. The van der Waals surface area contributed by atoms with Gasteiger partial charge in [-0.2, -0.15) is 0 Å². The molecule has 1 aliphatic heterocycles. The van der Waals surface area contributed by atoms with Gasteiger partial charge in [-0.15, -0.1) is 0 Å². The highest BCUT2D eigenvalue weighted by Crippen LogP contribution is 2.36. The predicted molar refractivity (Wildman–Crippen MR) is 80.1 cm³/mol. The summed E-state index contributed by atoms with van der Waals surface area (Å²) in [7, 11) is 0. The minimum absolute atomic E-state index is 0.0811. The van der Waals surface area contributed by atoms with E-state index in [1.54, 1.807) is 0 Å². The summed E-state index contributed by atoms with van der Waals surface area (Å²) in [5.74, 6) is -0.253. The summed E-state index contributed by atoms with van der Waals surface area (Å²) in [6.45, 7) is 5.30. The number of benzene rings is 1. The molecule has 1 heterocycles. The largest absolute Gasteiger partial charge is 0.317 e. The zero-order valence-corrected chi connectivity index (χ0v) is 12.6. The standard InChI is InChI=1S/C17H24F2N2/c1-12(14-8-15(18)10-16(19)9-14)21(17-2-3-17)11-13-4-6-20-7-5-13/h8-10,12-13,17,20H,2-7,11H2,1H3. The Balaban J connectivity index is 1.73. The Hall–Kier alpha value is -1.00. The van der Waals surface area contributed by atoms with Crippen LogP contribution < -0.4 is 5.32 Å². The second kappa shape index (κ2) is 6.41. The molecule has 1 aliphatic carbocycles. The molecule has 4 heteroatoms. The number of piperidine rings is 1. The quantitative estimate of drug-likeness (QED) is 0.894. The molecular formula is C17H24F2N2. The minimum atomic E-state index is -0.477. The second-order valence-corrected chi connectivity index (χ2v) is 6.50. The molecule has 0 bridgehead atoms. The second-order valence-electron chi connectivity index (χ2n) is 6.50. The summed E-state index contributed by atoms with van der Waals surface area (Å²) >= 11 is 0. The Labute approximate surface area is 125 Å². The molecule has 21 heavy (non-hydrogen) atoms. The maximum Gasteiger partial charge on any atom is 0.126 e. The van der Waals surface area contributed by atoms with Gasteiger partial charge in [0, 0.05) is 24.7 Å². The van der Waals surface area contributed by atoms with E-state index in [4.69, 9.17) is 0 Å². The van der Waals surface area contributed by atoms with Gasteiger partial charge in [-0.1, -0.05) is 0 Å². The van der Waals surface area contributed by atoms with Crippen molar-refractivity contribution in [3.05, 3.63) is 35.4 Å². The van der Waals surface area contributed by atoms with Gasteiger partial charge in [0.25, 0.3) is 0 Å². The highest BCUT2D eigenvalue weighted by atomic mass is 19.1. The molecule has 2 nitrogen and oxygen atoms in total. The van der Waals surface area contributed by atoms with Crippen molar-refractivity contribution in [3.63, 3.8) is 0 Å². The van der Waals surface area contributed by atoms with Crippen LogP contribution in [0.4, 0.5) is 8.78 Å². The minimum Gasteiger partial charge on any atom is -0.317 e. The molecule has 116 valence electrons. The van der Waals surface area contributed by atoms with E-state index in [1.807, 2.05) is 0 Å². The van der Waals surface area contributed by atoms with Gasteiger partial charge in [-0.3, -0.25) is 4.90 Å². The highest BCUT2D eigenvalue weighted by molar-refractivity contribution is 5.21. The van der Waals surface area contributed by atoms with E-state index in [0.29, 0.717) is 12.0 Å². The van der Waals surface area contributed by atoms with Crippen LogP contribution in [-0.4, -0.2) is 30.6 Å². The van der Waals surface area contributed by atoms with Crippen molar-refractivity contribution in [1.82, 2.24) is 10.2 Å². The van der Waals surface area contributed by atoms with E-state index in [2.05, 4.69) is 17.1 Å². The van der Waals surface area contributed by atoms with E-state index in [-0.39, 0.29) is 6.04 Å². The molecule has 3 rings (SSSR count). The van der Waals surface area contributed by atoms with Gasteiger partial charge in [0.2, 0.25) is 0 Å². The topological polar surface area (TPSA) is 15.3 Å². The van der Waals surface area contributed by atoms with Gasteiger partial charge in [0.05, 0.1) is 0 Å². The van der Waals surface area contributed by atoms with Crippen molar-refractivity contribution in [2.45, 2.75) is 44.7 Å². The van der Waals surface area contributed by atoms with Crippen LogP contribution >= 0.6 is 0 Å². The molecule has 2 fully saturated rings. The molecule has 1 saturated heterocycles. The fourth-order valence-electron chi connectivity index (χ4n) is 3.40. The molecule has 0 amide bonds. The molecule has 0 spiro atoms. The number of hydrogen-bond acceptors (Lipinski definition) is 2. The third-order valence-electron chi connectivity index (χ3n) is 4.81. The normalized spacial score (nSPS) is 21.7. The van der Waals surface area contributed by atoms with E-state index >= 15 is 0 Å². The lowest BCUT2D eigenvalue weighted by atomic mass is 9.96. The van der Waals surface area contributed by atoms with Crippen LogP contribution in [0.3, 0.4) is 0 Å². The van der Waals surface area contributed by atoms with Crippen molar-refractivity contribution in [3.8, 4) is 0 Å². The molecule has 0 aromatic heterocycles. The molecule has 1 unspecified atom stereocenters. The van der Waals surface area contributed by atoms with Crippen LogP contribution in [0.1, 0.15) is 44.2 Å². The van der Waals surface area contributed by atoms with Gasteiger partial charge in [-0.25, -0.2) is 8.78 Å². The summed E-state index contributed by atoms with van der Waals surface area (Å²) in [5, 5.41) is 3.39. The Morgan fingerprint density at radius 3 is 2.29 bits per heavy atom. The van der Waals surface area contributed by atoms with E-state index < -0.39 is 11.6 Å². The van der Waals surface area contributed by atoms with Gasteiger partial charge in [0.1, 0.15) is 11.6 Å². The third-order valence-corrected chi connectivity index (χ3v) is 4.81. The Bertz CT molecular complexity index is 461. The molecule has 1 aromatic carbocycles. The fourth-order valence-corrected chi connectivity index (χ4v) is 3.40. The summed E-state index contributed by atoms with van der Waals surface area (Å²) in [6.07, 6.45) is 4.83. The average molecular weight is 294 g/mol. The molecular weight excluding hydrogens is 270 g/mol. The molecule has 1 saturated carbocycles. The first-order valence-corrected chi connectivity index (χ1v) is 8.06. The lowest BCUT2D eigenvalue weighted by Crippen LogP contribution is -2.38. The zero-order chi connectivity index (χ0) is 14.8. The molecule has 1 atom stereocenters. The maximum absolute atomic E-state index is 13.5. The number of halogens is 2. The maximum atomic E-state index is 13.5. The first-order chi connectivity index (χ1) is 10.1. The number of rotatable bonds is 5. The van der Waals surface area contributed by atoms with Crippen LogP contribution in [0.15, 0.2) is 18.2 Å². The third kappa shape index (κ3) is 3.80. The SMILES string of the molecule is CC(c1cc(F)cc(F)c1)N(CC1CCNCC1)C1CC1. The first kappa shape index (κ1) is 14.9. The average Bonchev–Trinajstić information content (AvgIpc) is 3.29. The van der Waals surface area contributed by atoms with Gasteiger partial charge in [-0.05, 0) is 69.3 Å². The molecule has 1 N–H and O–H groups in total. The lowest BCUT2D eigenvalue weighted by molar-refractivity contribution is 0.151. The number of nitrogens with zero attached hydrogens (tertiary/aromatic N) is 1. The summed E-state index contributed by atoms with van der Waals surface area (Å²) in [5.41, 5.74) is 0.758. The molecule has 1 aromatic rings. The van der Waals surface area contributed by atoms with Crippen molar-refractivity contribution < 1.29 is 8.78 Å². The van der Waals surface area contributed by atoms with Crippen LogP contribution in [0.2, 0.25) is 0 Å². The van der Waals surface area contributed by atoms with Crippen LogP contribution in [-0.2, 0) is 0 Å². The first-order valence-electron chi connectivity index (χ1n) is 8.06. The van der Waals surface area contributed by atoms with Crippen molar-refractivity contribution in [2.75, 3.05) is 19.6 Å². The molecule has 2 aliphatic rings. The van der Waals surface area contributed by atoms with Gasteiger partial charge >= 0.3 is 0 Å². The van der Waals surface area contributed by atoms with Crippen molar-refractivity contribution >= 4 is 0 Å². The van der Waals surface area contributed by atoms with E-state index in [9.17, 15) is 8.78 Å². The van der Waals surface area contributed by atoms with Crippen molar-refractivity contribution in [2.24, 2.45) is 5.92 Å². The Morgan fingerprint density at radius 1 is 1.10 bits per heavy atom. The van der Waals surface area contributed by atoms with Gasteiger partial charge < -0.3 is 5.32 Å². The summed E-state index contributed by atoms with van der Waals surface area (Å²) in [4.78, 5) is 2.46. The van der Waals surface area contributed by atoms with Gasteiger partial charge in [0.15, 0.2) is 0 Å². The Kier molecular flexibility index (Phi) is 4.55. The number of nitrogens with one attached hydrogen (secondary N) is 1. The molecule has 0 radical (unpaired) electrons. The van der Waals surface area contributed by atoms with E-state index in [0.717, 1.165) is 31.3 Å². The monoisotopic (exact) mass is 294 g/mol.